The fourth-order valence-corrected chi connectivity index (χ4v) is 3.36. The first-order chi connectivity index (χ1) is 11.7. The van der Waals surface area contributed by atoms with Crippen LogP contribution in [-0.4, -0.2) is 11.3 Å². The predicted molar refractivity (Wildman–Crippen MR) is 96.8 cm³/mol. The fraction of sp³-hybridized carbons (Fsp3) is 0.250. The van der Waals surface area contributed by atoms with Crippen LogP contribution in [0.1, 0.15) is 29.3 Å². The Morgan fingerprint density at radius 1 is 1.04 bits per heavy atom. The summed E-state index contributed by atoms with van der Waals surface area (Å²) in [6, 6.07) is 18.6. The molecule has 0 aliphatic carbocycles. The normalized spacial score (nSPS) is 19.4. The zero-order valence-electron chi connectivity index (χ0n) is 13.4. The smallest absolute Gasteiger partial charge is 0.173 e. The molecule has 4 heteroatoms. The van der Waals surface area contributed by atoms with Gasteiger partial charge in [-0.25, -0.2) is 0 Å². The summed E-state index contributed by atoms with van der Waals surface area (Å²) in [6.45, 7) is 1.98. The van der Waals surface area contributed by atoms with Crippen LogP contribution in [0, 0.1) is 6.92 Å². The Kier molecular flexibility index (Phi) is 4.25. The average Bonchev–Trinajstić information content (AvgIpc) is 3.27. The fourth-order valence-electron chi connectivity index (χ4n) is 3.09. The Labute approximate surface area is 149 Å². The third-order valence-electron chi connectivity index (χ3n) is 4.44. The maximum absolute atomic E-state index is 5.94. The Balaban J connectivity index is 1.49. The number of hydrogen-bond acceptors (Lipinski definition) is 3. The SMILES string of the molecule is Cc1noc(-c2ccc(Br)cc2)c1C1OC1CCc1ccccc1. The van der Waals surface area contributed by atoms with Gasteiger partial charge in [0.1, 0.15) is 6.10 Å². The maximum atomic E-state index is 5.94. The largest absolute Gasteiger partial charge is 0.364 e. The first-order valence-corrected chi connectivity index (χ1v) is 8.93. The van der Waals surface area contributed by atoms with E-state index >= 15 is 0 Å². The summed E-state index contributed by atoms with van der Waals surface area (Å²) in [5.74, 6) is 0.826. The molecule has 4 rings (SSSR count). The van der Waals surface area contributed by atoms with Crippen LogP contribution in [0.3, 0.4) is 0 Å². The highest BCUT2D eigenvalue weighted by atomic mass is 79.9. The summed E-state index contributed by atoms with van der Waals surface area (Å²) in [4.78, 5) is 0. The van der Waals surface area contributed by atoms with E-state index in [9.17, 15) is 0 Å². The molecule has 0 amide bonds. The van der Waals surface area contributed by atoms with E-state index in [0.717, 1.165) is 39.9 Å². The van der Waals surface area contributed by atoms with Gasteiger partial charge in [0.05, 0.1) is 17.4 Å². The van der Waals surface area contributed by atoms with Crippen LogP contribution in [0.25, 0.3) is 11.3 Å². The van der Waals surface area contributed by atoms with Gasteiger partial charge in [0.2, 0.25) is 0 Å². The van der Waals surface area contributed by atoms with Crippen LogP contribution in [0.2, 0.25) is 0 Å². The molecule has 122 valence electrons. The molecule has 1 saturated heterocycles. The van der Waals surface area contributed by atoms with E-state index < -0.39 is 0 Å². The molecule has 24 heavy (non-hydrogen) atoms. The zero-order valence-corrected chi connectivity index (χ0v) is 15.0. The lowest BCUT2D eigenvalue weighted by Gasteiger charge is -2.01. The van der Waals surface area contributed by atoms with E-state index in [1.54, 1.807) is 0 Å². The second kappa shape index (κ2) is 6.54. The number of epoxide rings is 1. The second-order valence-corrected chi connectivity index (χ2v) is 7.05. The van der Waals surface area contributed by atoms with Crippen molar-refractivity contribution in [1.82, 2.24) is 5.16 Å². The average molecular weight is 384 g/mol. The molecular weight excluding hydrogens is 366 g/mol. The minimum atomic E-state index is 0.0959. The van der Waals surface area contributed by atoms with Crippen LogP contribution in [0.15, 0.2) is 63.6 Å². The van der Waals surface area contributed by atoms with Crippen molar-refractivity contribution < 1.29 is 9.26 Å². The highest BCUT2D eigenvalue weighted by molar-refractivity contribution is 9.10. The van der Waals surface area contributed by atoms with Crippen LogP contribution < -0.4 is 0 Å². The molecule has 0 saturated carbocycles. The molecule has 0 radical (unpaired) electrons. The standard InChI is InChI=1S/C20H18BrNO2/c1-13-18(19(24-22-13)15-8-10-16(21)11-9-15)20-17(23-20)12-7-14-5-3-2-4-6-14/h2-6,8-11,17,20H,7,12H2,1H3. The van der Waals surface area contributed by atoms with Gasteiger partial charge in [0.15, 0.2) is 5.76 Å². The zero-order chi connectivity index (χ0) is 16.5. The molecule has 3 nitrogen and oxygen atoms in total. The minimum absolute atomic E-state index is 0.0959. The second-order valence-electron chi connectivity index (χ2n) is 6.14. The molecule has 2 heterocycles. The number of aromatic nitrogens is 1. The van der Waals surface area contributed by atoms with E-state index in [1.807, 2.05) is 37.3 Å². The number of benzene rings is 2. The van der Waals surface area contributed by atoms with Crippen LogP contribution >= 0.6 is 15.9 Å². The first-order valence-electron chi connectivity index (χ1n) is 8.14. The minimum Gasteiger partial charge on any atom is -0.364 e. The van der Waals surface area contributed by atoms with Crippen molar-refractivity contribution in [2.45, 2.75) is 32.0 Å². The van der Waals surface area contributed by atoms with Crippen molar-refractivity contribution in [1.29, 1.82) is 0 Å². The number of halogens is 1. The van der Waals surface area contributed by atoms with Crippen LogP contribution in [0.4, 0.5) is 0 Å². The maximum Gasteiger partial charge on any atom is 0.173 e. The summed E-state index contributed by atoms with van der Waals surface area (Å²) < 4.78 is 12.6. The molecule has 1 aliphatic rings. The molecule has 1 aliphatic heterocycles. The van der Waals surface area contributed by atoms with Gasteiger partial charge in [0, 0.05) is 10.0 Å². The number of hydrogen-bond donors (Lipinski definition) is 0. The topological polar surface area (TPSA) is 38.6 Å². The van der Waals surface area contributed by atoms with Gasteiger partial charge in [-0.3, -0.25) is 0 Å². The molecule has 0 bridgehead atoms. The number of nitrogens with zero attached hydrogens (tertiary/aromatic N) is 1. The lowest BCUT2D eigenvalue weighted by atomic mass is 10.00. The highest BCUT2D eigenvalue weighted by Gasteiger charge is 2.43. The summed E-state index contributed by atoms with van der Waals surface area (Å²) in [5, 5.41) is 4.16. The molecule has 2 unspecified atom stereocenters. The summed E-state index contributed by atoms with van der Waals surface area (Å²) in [6.07, 6.45) is 2.38. The Hall–Kier alpha value is -1.91. The van der Waals surface area contributed by atoms with Gasteiger partial charge >= 0.3 is 0 Å². The molecule has 1 fully saturated rings. The Morgan fingerprint density at radius 2 is 1.79 bits per heavy atom. The molecule has 1 aromatic heterocycles. The van der Waals surface area contributed by atoms with E-state index in [0.29, 0.717) is 0 Å². The van der Waals surface area contributed by atoms with Gasteiger partial charge in [-0.1, -0.05) is 63.6 Å². The highest BCUT2D eigenvalue weighted by Crippen LogP contribution is 2.46. The van der Waals surface area contributed by atoms with Crippen molar-refractivity contribution in [3.05, 3.63) is 75.9 Å². The third-order valence-corrected chi connectivity index (χ3v) is 4.97. The number of ether oxygens (including phenoxy) is 1. The molecule has 0 N–H and O–H groups in total. The van der Waals surface area contributed by atoms with Crippen molar-refractivity contribution in [2.75, 3.05) is 0 Å². The van der Waals surface area contributed by atoms with E-state index in [4.69, 9.17) is 9.26 Å². The van der Waals surface area contributed by atoms with Crippen molar-refractivity contribution in [2.24, 2.45) is 0 Å². The molecule has 3 aromatic rings. The summed E-state index contributed by atoms with van der Waals surface area (Å²) in [5.41, 5.74) is 4.39. The van der Waals surface area contributed by atoms with Crippen molar-refractivity contribution >= 4 is 15.9 Å². The summed E-state index contributed by atoms with van der Waals surface area (Å²) in [7, 11) is 0. The van der Waals surface area contributed by atoms with Gasteiger partial charge in [-0.15, -0.1) is 0 Å². The lowest BCUT2D eigenvalue weighted by molar-refractivity contribution is 0.365. The quantitative estimate of drug-likeness (QED) is 0.547. The predicted octanol–water partition coefficient (Wildman–Crippen LogP) is 5.49. The first kappa shape index (κ1) is 15.6. The Bertz CT molecular complexity index is 827. The van der Waals surface area contributed by atoms with E-state index in [-0.39, 0.29) is 12.2 Å². The monoisotopic (exact) mass is 383 g/mol. The van der Waals surface area contributed by atoms with E-state index in [1.165, 1.54) is 5.56 Å². The summed E-state index contributed by atoms with van der Waals surface area (Å²) >= 11 is 3.46. The lowest BCUT2D eigenvalue weighted by Crippen LogP contribution is -1.95. The van der Waals surface area contributed by atoms with Crippen LogP contribution in [0.5, 0.6) is 0 Å². The van der Waals surface area contributed by atoms with Gasteiger partial charge < -0.3 is 9.26 Å². The van der Waals surface area contributed by atoms with Crippen molar-refractivity contribution in [3.8, 4) is 11.3 Å². The number of rotatable bonds is 5. The Morgan fingerprint density at radius 3 is 2.54 bits per heavy atom. The van der Waals surface area contributed by atoms with Crippen LogP contribution in [-0.2, 0) is 11.2 Å². The van der Waals surface area contributed by atoms with E-state index in [2.05, 4.69) is 45.4 Å². The third kappa shape index (κ3) is 3.17. The van der Waals surface area contributed by atoms with Gasteiger partial charge in [0.25, 0.3) is 0 Å². The molecule has 2 aromatic carbocycles. The van der Waals surface area contributed by atoms with Gasteiger partial charge in [-0.2, -0.15) is 0 Å². The number of aryl methyl sites for hydroxylation is 2. The molecule has 2 atom stereocenters. The van der Waals surface area contributed by atoms with Gasteiger partial charge in [-0.05, 0) is 37.5 Å². The van der Waals surface area contributed by atoms with Crippen molar-refractivity contribution in [3.63, 3.8) is 0 Å². The molecular formula is C20H18BrNO2. The molecule has 0 spiro atoms.